The van der Waals surface area contributed by atoms with Gasteiger partial charge in [0.2, 0.25) is 0 Å². The fourth-order valence-electron chi connectivity index (χ4n) is 1.72. The molecule has 0 saturated heterocycles. The Kier molecular flexibility index (Phi) is 3.66. The van der Waals surface area contributed by atoms with Crippen molar-refractivity contribution < 1.29 is 24.9 Å². The van der Waals surface area contributed by atoms with Crippen molar-refractivity contribution in [3.05, 3.63) is 47.5 Å². The number of benzene rings is 2. The lowest BCUT2D eigenvalue weighted by Gasteiger charge is -2.09. The molecule has 0 aliphatic heterocycles. The third-order valence-electron chi connectivity index (χ3n) is 2.75. The van der Waals surface area contributed by atoms with Crippen molar-refractivity contribution in [2.45, 2.75) is 0 Å². The van der Waals surface area contributed by atoms with Crippen LogP contribution in [0.1, 0.15) is 20.7 Å². The molecule has 0 fully saturated rings. The molecule has 6 N–H and O–H groups in total. The fourth-order valence-corrected chi connectivity index (χ4v) is 1.72. The van der Waals surface area contributed by atoms with Crippen LogP contribution in [0, 0.1) is 0 Å². The Morgan fingerprint density at radius 1 is 0.952 bits per heavy atom. The number of aromatic hydroxyl groups is 2. The van der Waals surface area contributed by atoms with Crippen LogP contribution in [0.2, 0.25) is 0 Å². The average Bonchev–Trinajstić information content (AvgIpc) is 2.43. The molecule has 0 spiro atoms. The second-order valence-corrected chi connectivity index (χ2v) is 4.27. The molecule has 2 aromatic carbocycles. The summed E-state index contributed by atoms with van der Waals surface area (Å²) < 4.78 is 0. The molecule has 0 atom stereocenters. The summed E-state index contributed by atoms with van der Waals surface area (Å²) in [4.78, 5) is 22.9. The van der Waals surface area contributed by atoms with Crippen molar-refractivity contribution >= 4 is 23.3 Å². The lowest BCUT2D eigenvalue weighted by Crippen LogP contribution is -2.13. The molecule has 0 aliphatic rings. The molecule has 0 bridgehead atoms. The normalized spacial score (nSPS) is 10.1. The zero-order chi connectivity index (χ0) is 15.6. The second kappa shape index (κ2) is 5.41. The Morgan fingerprint density at radius 3 is 2.24 bits per heavy atom. The van der Waals surface area contributed by atoms with E-state index < -0.39 is 17.6 Å². The van der Waals surface area contributed by atoms with Gasteiger partial charge in [-0.05, 0) is 36.4 Å². The van der Waals surface area contributed by atoms with E-state index in [1.165, 1.54) is 24.3 Å². The molecule has 0 heterocycles. The topological polar surface area (TPSA) is 133 Å². The lowest BCUT2D eigenvalue weighted by molar-refractivity contribution is 0.0693. The van der Waals surface area contributed by atoms with Crippen LogP contribution >= 0.6 is 0 Å². The third-order valence-corrected chi connectivity index (χ3v) is 2.75. The molecule has 2 rings (SSSR count). The largest absolute Gasteiger partial charge is 0.507 e. The number of phenols is 2. The van der Waals surface area contributed by atoms with Gasteiger partial charge in [0.05, 0.1) is 5.56 Å². The standard InChI is InChI=1S/C14H12N2O5/c15-7-1-3-11(17)9(5-7)13(19)16-8-2-4-12(18)10(6-8)14(20)21/h1-6,17-18H,15H2,(H,16,19)(H,20,21). The van der Waals surface area contributed by atoms with E-state index in [1.54, 1.807) is 0 Å². The highest BCUT2D eigenvalue weighted by Gasteiger charge is 2.14. The van der Waals surface area contributed by atoms with Gasteiger partial charge < -0.3 is 26.4 Å². The number of nitrogen functional groups attached to an aromatic ring is 1. The zero-order valence-electron chi connectivity index (χ0n) is 10.7. The van der Waals surface area contributed by atoms with Crippen LogP contribution in [-0.4, -0.2) is 27.2 Å². The van der Waals surface area contributed by atoms with Crippen LogP contribution in [0.4, 0.5) is 11.4 Å². The number of hydrogen-bond donors (Lipinski definition) is 5. The number of carbonyl (C=O) groups excluding carboxylic acids is 1. The number of carboxylic acids is 1. The number of phenolic OH excluding ortho intramolecular Hbond substituents is 1. The quantitative estimate of drug-likeness (QED) is 0.430. The van der Waals surface area contributed by atoms with Crippen molar-refractivity contribution in [1.82, 2.24) is 0 Å². The fraction of sp³-hybridized carbons (Fsp3) is 0. The van der Waals surface area contributed by atoms with Gasteiger partial charge in [-0.25, -0.2) is 4.79 Å². The molecule has 0 aromatic heterocycles. The number of aromatic carboxylic acids is 1. The number of amides is 1. The predicted octanol–water partition coefficient (Wildman–Crippen LogP) is 1.63. The van der Waals surface area contributed by atoms with E-state index >= 15 is 0 Å². The van der Waals surface area contributed by atoms with Gasteiger partial charge in [0.1, 0.15) is 17.1 Å². The lowest BCUT2D eigenvalue weighted by atomic mass is 10.1. The van der Waals surface area contributed by atoms with Gasteiger partial charge in [0.25, 0.3) is 5.91 Å². The van der Waals surface area contributed by atoms with E-state index in [0.717, 1.165) is 12.1 Å². The Balaban J connectivity index is 2.29. The van der Waals surface area contributed by atoms with Crippen molar-refractivity contribution in [3.8, 4) is 11.5 Å². The molecule has 0 unspecified atom stereocenters. The third kappa shape index (κ3) is 3.03. The first-order chi connectivity index (χ1) is 9.88. The average molecular weight is 288 g/mol. The minimum Gasteiger partial charge on any atom is -0.507 e. The van der Waals surface area contributed by atoms with Crippen LogP contribution in [0.15, 0.2) is 36.4 Å². The monoisotopic (exact) mass is 288 g/mol. The Labute approximate surface area is 119 Å². The van der Waals surface area contributed by atoms with Gasteiger partial charge in [-0.1, -0.05) is 0 Å². The van der Waals surface area contributed by atoms with Gasteiger partial charge in [0, 0.05) is 11.4 Å². The van der Waals surface area contributed by atoms with Gasteiger partial charge in [-0.2, -0.15) is 0 Å². The molecule has 7 heteroatoms. The summed E-state index contributed by atoms with van der Waals surface area (Å²) in [7, 11) is 0. The summed E-state index contributed by atoms with van der Waals surface area (Å²) >= 11 is 0. The second-order valence-electron chi connectivity index (χ2n) is 4.27. The van der Waals surface area contributed by atoms with Crippen molar-refractivity contribution in [3.63, 3.8) is 0 Å². The maximum atomic E-state index is 12.0. The Bertz CT molecular complexity index is 727. The zero-order valence-corrected chi connectivity index (χ0v) is 10.7. The number of nitrogens with one attached hydrogen (secondary N) is 1. The Morgan fingerprint density at radius 2 is 1.57 bits per heavy atom. The maximum Gasteiger partial charge on any atom is 0.339 e. The number of carboxylic acid groups (broad SMARTS) is 1. The van der Waals surface area contributed by atoms with Crippen LogP contribution in [0.5, 0.6) is 11.5 Å². The molecule has 2 aromatic rings. The van der Waals surface area contributed by atoms with Gasteiger partial charge in [0.15, 0.2) is 0 Å². The minimum atomic E-state index is -1.32. The molecule has 0 aliphatic carbocycles. The highest BCUT2D eigenvalue weighted by Crippen LogP contribution is 2.24. The van der Waals surface area contributed by atoms with Crippen LogP contribution in [0.25, 0.3) is 0 Å². The molecule has 21 heavy (non-hydrogen) atoms. The summed E-state index contributed by atoms with van der Waals surface area (Å²) in [6.07, 6.45) is 0. The first-order valence-electron chi connectivity index (χ1n) is 5.84. The highest BCUT2D eigenvalue weighted by atomic mass is 16.4. The predicted molar refractivity (Wildman–Crippen MR) is 75.5 cm³/mol. The van der Waals surface area contributed by atoms with Gasteiger partial charge >= 0.3 is 5.97 Å². The number of rotatable bonds is 3. The van der Waals surface area contributed by atoms with E-state index in [9.17, 15) is 19.8 Å². The van der Waals surface area contributed by atoms with E-state index in [-0.39, 0.29) is 22.6 Å². The number of anilines is 2. The summed E-state index contributed by atoms with van der Waals surface area (Å²) in [5.41, 5.74) is 5.62. The van der Waals surface area contributed by atoms with Crippen LogP contribution < -0.4 is 11.1 Å². The van der Waals surface area contributed by atoms with E-state index in [0.29, 0.717) is 5.69 Å². The minimum absolute atomic E-state index is 0.0417. The molecular weight excluding hydrogens is 276 g/mol. The maximum absolute atomic E-state index is 12.0. The van der Waals surface area contributed by atoms with Crippen LogP contribution in [0.3, 0.4) is 0 Å². The molecular formula is C14H12N2O5. The van der Waals surface area contributed by atoms with E-state index in [2.05, 4.69) is 5.32 Å². The van der Waals surface area contributed by atoms with E-state index in [4.69, 9.17) is 10.8 Å². The highest BCUT2D eigenvalue weighted by molar-refractivity contribution is 6.07. The summed E-state index contributed by atoms with van der Waals surface area (Å²) in [6.45, 7) is 0. The van der Waals surface area contributed by atoms with Gasteiger partial charge in [-0.15, -0.1) is 0 Å². The van der Waals surface area contributed by atoms with Crippen molar-refractivity contribution in [2.24, 2.45) is 0 Å². The number of carbonyl (C=O) groups is 2. The van der Waals surface area contributed by atoms with Crippen molar-refractivity contribution in [2.75, 3.05) is 11.1 Å². The summed E-state index contributed by atoms with van der Waals surface area (Å²) in [6, 6.07) is 7.61. The molecule has 108 valence electrons. The number of hydrogen-bond acceptors (Lipinski definition) is 5. The number of nitrogens with two attached hydrogens (primary N) is 1. The summed E-state index contributed by atoms with van der Waals surface area (Å²) in [5.74, 6) is -2.64. The first kappa shape index (κ1) is 14.2. The molecule has 0 radical (unpaired) electrons. The summed E-state index contributed by atoms with van der Waals surface area (Å²) in [5, 5.41) is 30.3. The van der Waals surface area contributed by atoms with Crippen LogP contribution in [-0.2, 0) is 0 Å². The smallest absolute Gasteiger partial charge is 0.339 e. The van der Waals surface area contributed by atoms with Gasteiger partial charge in [-0.3, -0.25) is 4.79 Å². The molecule has 7 nitrogen and oxygen atoms in total. The first-order valence-corrected chi connectivity index (χ1v) is 5.84. The van der Waals surface area contributed by atoms with E-state index in [1.807, 2.05) is 0 Å². The SMILES string of the molecule is Nc1ccc(O)c(C(=O)Nc2ccc(O)c(C(=O)O)c2)c1. The van der Waals surface area contributed by atoms with Crippen molar-refractivity contribution in [1.29, 1.82) is 0 Å². The molecule has 1 amide bonds. The Hall–Kier alpha value is -3.22. The molecule has 0 saturated carbocycles.